The van der Waals surface area contributed by atoms with Crippen LogP contribution in [0.15, 0.2) is 34.2 Å². The highest BCUT2D eigenvalue weighted by Crippen LogP contribution is 2.28. The SMILES string of the molecule is CCOCCCn1c(SCC(=O)Nc2cccc([N+](=O)[O-])c2)nc2sc(C)c(C)c2c1=O. The Bertz CT molecular complexity index is 1200. The van der Waals surface area contributed by atoms with Gasteiger partial charge in [-0.15, -0.1) is 11.3 Å². The Kier molecular flexibility index (Phi) is 7.99. The lowest BCUT2D eigenvalue weighted by Crippen LogP contribution is -2.25. The first-order valence-corrected chi connectivity index (χ1v) is 11.9. The van der Waals surface area contributed by atoms with Gasteiger partial charge in [0.2, 0.25) is 5.91 Å². The number of carbonyl (C=O) groups is 1. The van der Waals surface area contributed by atoms with Crippen LogP contribution in [-0.4, -0.2) is 39.3 Å². The van der Waals surface area contributed by atoms with Crippen molar-refractivity contribution in [3.05, 3.63) is 55.2 Å². The third kappa shape index (κ3) is 5.53. The van der Waals surface area contributed by atoms with E-state index >= 15 is 0 Å². The molecule has 0 spiro atoms. The number of amides is 1. The number of nitro benzene ring substituents is 1. The summed E-state index contributed by atoms with van der Waals surface area (Å²) < 4.78 is 6.99. The molecule has 0 fully saturated rings. The van der Waals surface area contributed by atoms with Crippen LogP contribution < -0.4 is 10.9 Å². The van der Waals surface area contributed by atoms with Crippen molar-refractivity contribution in [1.82, 2.24) is 9.55 Å². The van der Waals surface area contributed by atoms with Crippen LogP contribution in [0, 0.1) is 24.0 Å². The minimum absolute atomic E-state index is 0.00936. The van der Waals surface area contributed by atoms with Gasteiger partial charge in [-0.25, -0.2) is 4.98 Å². The topological polar surface area (TPSA) is 116 Å². The van der Waals surface area contributed by atoms with Crippen molar-refractivity contribution >= 4 is 50.6 Å². The van der Waals surface area contributed by atoms with Gasteiger partial charge in [0, 0.05) is 42.5 Å². The van der Waals surface area contributed by atoms with E-state index < -0.39 is 4.92 Å². The number of ether oxygens (including phenoxy) is 1. The molecule has 0 bridgehead atoms. The molecule has 1 aromatic carbocycles. The maximum Gasteiger partial charge on any atom is 0.271 e. The molecule has 0 aliphatic rings. The molecule has 170 valence electrons. The highest BCUT2D eigenvalue weighted by Gasteiger charge is 2.18. The summed E-state index contributed by atoms with van der Waals surface area (Å²) in [5.41, 5.74) is 1.05. The summed E-state index contributed by atoms with van der Waals surface area (Å²) in [5, 5.41) is 14.7. The molecule has 1 N–H and O–H groups in total. The number of anilines is 1. The van der Waals surface area contributed by atoms with Crippen LogP contribution in [0.4, 0.5) is 11.4 Å². The lowest BCUT2D eigenvalue weighted by Gasteiger charge is -2.12. The standard InChI is InChI=1S/C21H24N4O5S2/c1-4-30-10-6-9-24-20(27)18-13(2)14(3)32-19(18)23-21(24)31-12-17(26)22-15-7-5-8-16(11-15)25(28)29/h5,7-8,11H,4,6,9-10,12H2,1-3H3,(H,22,26). The van der Waals surface area contributed by atoms with E-state index in [1.165, 1.54) is 29.5 Å². The predicted molar refractivity (Wildman–Crippen MR) is 127 cm³/mol. The van der Waals surface area contributed by atoms with Crippen molar-refractivity contribution < 1.29 is 14.5 Å². The number of thiophene rings is 1. The largest absolute Gasteiger partial charge is 0.382 e. The Morgan fingerprint density at radius 3 is 2.88 bits per heavy atom. The van der Waals surface area contributed by atoms with Crippen LogP contribution in [0.5, 0.6) is 0 Å². The second-order valence-electron chi connectivity index (χ2n) is 7.01. The van der Waals surface area contributed by atoms with Crippen molar-refractivity contribution in [3.63, 3.8) is 0 Å². The zero-order chi connectivity index (χ0) is 23.3. The molecule has 0 unspecified atom stereocenters. The minimum Gasteiger partial charge on any atom is -0.382 e. The van der Waals surface area contributed by atoms with Crippen LogP contribution in [0.1, 0.15) is 23.8 Å². The summed E-state index contributed by atoms with van der Waals surface area (Å²) in [6.07, 6.45) is 0.649. The summed E-state index contributed by atoms with van der Waals surface area (Å²) in [4.78, 5) is 42.4. The maximum atomic E-state index is 13.2. The number of nitro groups is 1. The van der Waals surface area contributed by atoms with Crippen molar-refractivity contribution in [1.29, 1.82) is 0 Å². The summed E-state index contributed by atoms with van der Waals surface area (Å²) >= 11 is 2.63. The fourth-order valence-corrected chi connectivity index (χ4v) is 5.01. The lowest BCUT2D eigenvalue weighted by atomic mass is 10.2. The molecule has 0 radical (unpaired) electrons. The monoisotopic (exact) mass is 476 g/mol. The van der Waals surface area contributed by atoms with E-state index in [2.05, 4.69) is 10.3 Å². The number of fused-ring (bicyclic) bond motifs is 1. The molecular formula is C21H24N4O5S2. The van der Waals surface area contributed by atoms with Crippen molar-refractivity contribution in [2.45, 2.75) is 38.9 Å². The Morgan fingerprint density at radius 1 is 1.38 bits per heavy atom. The summed E-state index contributed by atoms with van der Waals surface area (Å²) in [7, 11) is 0. The van der Waals surface area contributed by atoms with Crippen LogP contribution >= 0.6 is 23.1 Å². The van der Waals surface area contributed by atoms with Crippen LogP contribution in [-0.2, 0) is 16.1 Å². The first kappa shape index (κ1) is 23.9. The molecule has 0 saturated carbocycles. The third-order valence-electron chi connectivity index (χ3n) is 4.80. The van der Waals surface area contributed by atoms with Gasteiger partial charge in [-0.1, -0.05) is 17.8 Å². The number of rotatable bonds is 10. The van der Waals surface area contributed by atoms with Crippen molar-refractivity contribution in [3.8, 4) is 0 Å². The number of hydrogen-bond acceptors (Lipinski definition) is 8. The minimum atomic E-state index is -0.518. The normalized spacial score (nSPS) is 11.1. The molecule has 11 heteroatoms. The molecule has 3 rings (SSSR count). The average molecular weight is 477 g/mol. The number of hydrogen-bond donors (Lipinski definition) is 1. The van der Waals surface area contributed by atoms with E-state index in [1.807, 2.05) is 20.8 Å². The average Bonchev–Trinajstić information content (AvgIpc) is 3.04. The summed E-state index contributed by atoms with van der Waals surface area (Å²) in [6, 6.07) is 5.75. The number of nitrogens with one attached hydrogen (secondary N) is 1. The van der Waals surface area contributed by atoms with Gasteiger partial charge in [-0.2, -0.15) is 0 Å². The molecule has 2 aromatic heterocycles. The van der Waals surface area contributed by atoms with Crippen LogP contribution in [0.25, 0.3) is 10.2 Å². The molecule has 9 nitrogen and oxygen atoms in total. The second-order valence-corrected chi connectivity index (χ2v) is 9.16. The lowest BCUT2D eigenvalue weighted by molar-refractivity contribution is -0.384. The first-order chi connectivity index (χ1) is 15.3. The second kappa shape index (κ2) is 10.7. The Balaban J connectivity index is 1.80. The number of non-ortho nitro benzene ring substituents is 1. The van der Waals surface area contributed by atoms with Gasteiger partial charge in [0.15, 0.2) is 5.16 Å². The van der Waals surface area contributed by atoms with Crippen molar-refractivity contribution in [2.24, 2.45) is 0 Å². The molecule has 0 aliphatic carbocycles. The zero-order valence-electron chi connectivity index (χ0n) is 18.0. The number of thioether (sulfide) groups is 1. The summed E-state index contributed by atoms with van der Waals surface area (Å²) in [6.45, 7) is 7.36. The molecule has 0 aliphatic heterocycles. The van der Waals surface area contributed by atoms with Gasteiger partial charge in [-0.3, -0.25) is 24.3 Å². The van der Waals surface area contributed by atoms with E-state index in [0.717, 1.165) is 22.2 Å². The van der Waals surface area contributed by atoms with Gasteiger partial charge in [0.1, 0.15) is 4.83 Å². The van der Waals surface area contributed by atoms with Crippen molar-refractivity contribution in [2.75, 3.05) is 24.3 Å². The Morgan fingerprint density at radius 2 is 2.16 bits per heavy atom. The highest BCUT2D eigenvalue weighted by atomic mass is 32.2. The molecule has 0 atom stereocenters. The van der Waals surface area contributed by atoms with E-state index in [4.69, 9.17) is 4.74 Å². The Hall–Kier alpha value is -2.76. The third-order valence-corrected chi connectivity index (χ3v) is 6.88. The van der Waals surface area contributed by atoms with Crippen LogP contribution in [0.2, 0.25) is 0 Å². The smallest absolute Gasteiger partial charge is 0.271 e. The molecule has 1 amide bonds. The van der Waals surface area contributed by atoms with E-state index in [9.17, 15) is 19.7 Å². The maximum absolute atomic E-state index is 13.2. The zero-order valence-corrected chi connectivity index (χ0v) is 19.7. The Labute approximate surface area is 193 Å². The van der Waals surface area contributed by atoms with Gasteiger partial charge < -0.3 is 10.1 Å². The molecule has 2 heterocycles. The highest BCUT2D eigenvalue weighted by molar-refractivity contribution is 7.99. The number of nitrogens with zero attached hydrogens (tertiary/aromatic N) is 3. The predicted octanol–water partition coefficient (Wildman–Crippen LogP) is 4.14. The fourth-order valence-electron chi connectivity index (χ4n) is 3.11. The van der Waals surface area contributed by atoms with Gasteiger partial charge >= 0.3 is 0 Å². The summed E-state index contributed by atoms with van der Waals surface area (Å²) in [5.74, 6) is -0.334. The van der Waals surface area contributed by atoms with Gasteiger partial charge in [0.05, 0.1) is 16.1 Å². The molecule has 3 aromatic rings. The number of benzene rings is 1. The molecule has 0 saturated heterocycles. The van der Waals surface area contributed by atoms with Gasteiger partial charge in [-0.05, 0) is 38.8 Å². The van der Waals surface area contributed by atoms with E-state index in [0.29, 0.717) is 47.2 Å². The van der Waals surface area contributed by atoms with Gasteiger partial charge in [0.25, 0.3) is 11.2 Å². The first-order valence-electron chi connectivity index (χ1n) is 10.1. The number of aryl methyl sites for hydroxylation is 2. The van der Waals surface area contributed by atoms with E-state index in [1.54, 1.807) is 10.6 Å². The molecule has 32 heavy (non-hydrogen) atoms. The quantitative estimate of drug-likeness (QED) is 0.154. The number of aromatic nitrogens is 2. The van der Waals surface area contributed by atoms with Crippen LogP contribution in [0.3, 0.4) is 0 Å². The fraction of sp³-hybridized carbons (Fsp3) is 0.381. The number of carbonyl (C=O) groups excluding carboxylic acids is 1. The van der Waals surface area contributed by atoms with E-state index in [-0.39, 0.29) is 22.9 Å². The molecular weight excluding hydrogens is 452 g/mol.